The molecule has 0 unspecified atom stereocenters. The number of amides is 1. The van der Waals surface area contributed by atoms with Gasteiger partial charge < -0.3 is 19.5 Å². The molecule has 2 aliphatic rings. The van der Waals surface area contributed by atoms with Crippen LogP contribution < -0.4 is 15.0 Å². The number of nitrogens with zero attached hydrogens (tertiary/aromatic N) is 4. The highest BCUT2D eigenvalue weighted by atomic mass is 32.1. The molecule has 1 aromatic carbocycles. The maximum absolute atomic E-state index is 12.5. The summed E-state index contributed by atoms with van der Waals surface area (Å²) >= 11 is 1.45. The molecular weight excluding hydrogens is 374 g/mol. The van der Waals surface area contributed by atoms with Crippen LogP contribution in [0.15, 0.2) is 30.7 Å². The van der Waals surface area contributed by atoms with E-state index in [1.54, 1.807) is 6.33 Å². The predicted molar refractivity (Wildman–Crippen MR) is 109 cm³/mol. The Hall–Kier alpha value is -2.87. The molecule has 3 aromatic rings. The number of carbonyl (C=O) groups excluding carboxylic acids is 1. The molecule has 4 heterocycles. The van der Waals surface area contributed by atoms with Gasteiger partial charge in [-0.2, -0.15) is 0 Å². The molecule has 144 valence electrons. The van der Waals surface area contributed by atoms with Crippen molar-refractivity contribution < 1.29 is 9.53 Å². The zero-order valence-electron chi connectivity index (χ0n) is 16.0. The molecule has 0 radical (unpaired) electrons. The van der Waals surface area contributed by atoms with Crippen molar-refractivity contribution in [1.29, 1.82) is 0 Å². The lowest BCUT2D eigenvalue weighted by Crippen LogP contribution is -2.48. The van der Waals surface area contributed by atoms with Gasteiger partial charge in [-0.05, 0) is 32.0 Å². The van der Waals surface area contributed by atoms with Gasteiger partial charge >= 0.3 is 0 Å². The van der Waals surface area contributed by atoms with Crippen LogP contribution in [0.1, 0.15) is 29.2 Å². The van der Waals surface area contributed by atoms with Crippen LogP contribution in [0.4, 0.5) is 10.8 Å². The van der Waals surface area contributed by atoms with Gasteiger partial charge in [-0.25, -0.2) is 9.97 Å². The number of imidazole rings is 1. The zero-order valence-corrected chi connectivity index (χ0v) is 16.8. The maximum atomic E-state index is 12.5. The Morgan fingerprint density at radius 1 is 1.32 bits per heavy atom. The topological polar surface area (TPSA) is 72.3 Å². The van der Waals surface area contributed by atoms with Crippen molar-refractivity contribution in [2.75, 3.05) is 18.1 Å². The minimum absolute atomic E-state index is 0.0364. The second-order valence-electron chi connectivity index (χ2n) is 7.89. The maximum Gasteiger partial charge on any atom is 0.263 e. The van der Waals surface area contributed by atoms with Gasteiger partial charge in [0.05, 0.1) is 29.9 Å². The van der Waals surface area contributed by atoms with E-state index >= 15 is 0 Å². The van der Waals surface area contributed by atoms with Crippen molar-refractivity contribution in [2.45, 2.75) is 25.8 Å². The Kier molecular flexibility index (Phi) is 3.74. The lowest BCUT2D eigenvalue weighted by Gasteiger charge is -2.29. The highest BCUT2D eigenvalue weighted by Gasteiger charge is 2.34. The minimum atomic E-state index is -0.273. The summed E-state index contributed by atoms with van der Waals surface area (Å²) in [7, 11) is 1.96. The third-order valence-electron chi connectivity index (χ3n) is 5.01. The fourth-order valence-corrected chi connectivity index (χ4v) is 4.73. The monoisotopic (exact) mass is 395 g/mol. The van der Waals surface area contributed by atoms with Crippen LogP contribution in [0.5, 0.6) is 5.75 Å². The quantitative estimate of drug-likeness (QED) is 0.722. The summed E-state index contributed by atoms with van der Waals surface area (Å²) in [6, 6.07) is 6.09. The van der Waals surface area contributed by atoms with Crippen LogP contribution in [0.2, 0.25) is 0 Å². The molecule has 5 rings (SSSR count). The smallest absolute Gasteiger partial charge is 0.263 e. The number of anilines is 2. The molecule has 0 saturated heterocycles. The number of aromatic nitrogens is 3. The minimum Gasteiger partial charge on any atom is -0.490 e. The van der Waals surface area contributed by atoms with E-state index in [4.69, 9.17) is 9.72 Å². The van der Waals surface area contributed by atoms with Crippen molar-refractivity contribution in [1.82, 2.24) is 19.9 Å². The molecule has 0 aliphatic carbocycles. The average molecular weight is 395 g/mol. The third-order valence-corrected chi connectivity index (χ3v) is 6.13. The Bertz CT molecular complexity index is 1080. The molecule has 28 heavy (non-hydrogen) atoms. The number of ether oxygens (including phenoxy) is 1. The van der Waals surface area contributed by atoms with Gasteiger partial charge in [0.15, 0.2) is 5.13 Å². The lowest BCUT2D eigenvalue weighted by atomic mass is 9.94. The number of thiazole rings is 1. The van der Waals surface area contributed by atoms with Crippen molar-refractivity contribution in [3.8, 4) is 17.0 Å². The van der Waals surface area contributed by atoms with E-state index in [0.717, 1.165) is 39.9 Å². The number of fused-ring (bicyclic) bond motifs is 2. The highest BCUT2D eigenvalue weighted by Crippen LogP contribution is 2.42. The summed E-state index contributed by atoms with van der Waals surface area (Å²) in [5.41, 5.74) is 3.50. The molecule has 0 bridgehead atoms. The number of rotatable bonds is 2. The number of carbonyl (C=O) groups is 1. The number of hydrogen-bond donors (Lipinski definition) is 1. The van der Waals surface area contributed by atoms with Gasteiger partial charge in [-0.3, -0.25) is 4.79 Å². The van der Waals surface area contributed by atoms with E-state index in [0.29, 0.717) is 18.0 Å². The van der Waals surface area contributed by atoms with Crippen LogP contribution in [-0.4, -0.2) is 39.1 Å². The molecule has 7 nitrogen and oxygen atoms in total. The van der Waals surface area contributed by atoms with Gasteiger partial charge in [-0.1, -0.05) is 11.3 Å². The van der Waals surface area contributed by atoms with Gasteiger partial charge in [-0.15, -0.1) is 0 Å². The van der Waals surface area contributed by atoms with Gasteiger partial charge in [0.2, 0.25) is 0 Å². The average Bonchev–Trinajstić information content (AvgIpc) is 3.26. The summed E-state index contributed by atoms with van der Waals surface area (Å²) in [5.74, 6) is 0.787. The van der Waals surface area contributed by atoms with Gasteiger partial charge in [0.25, 0.3) is 5.91 Å². The largest absolute Gasteiger partial charge is 0.490 e. The van der Waals surface area contributed by atoms with Gasteiger partial charge in [0, 0.05) is 30.8 Å². The third kappa shape index (κ3) is 2.84. The van der Waals surface area contributed by atoms with E-state index < -0.39 is 0 Å². The molecular formula is C20H21N5O2S. The van der Waals surface area contributed by atoms with Crippen LogP contribution >= 0.6 is 11.3 Å². The Morgan fingerprint density at radius 3 is 2.96 bits per heavy atom. The molecule has 1 N–H and O–H groups in total. The molecule has 0 atom stereocenters. The molecule has 0 saturated carbocycles. The Balaban J connectivity index is 1.56. The van der Waals surface area contributed by atoms with E-state index in [1.807, 2.05) is 43.8 Å². The molecule has 1 amide bonds. The summed E-state index contributed by atoms with van der Waals surface area (Å²) in [4.78, 5) is 24.6. The lowest BCUT2D eigenvalue weighted by molar-refractivity contribution is 0.0901. The number of hydrogen-bond acceptors (Lipinski definition) is 6. The Labute approximate surface area is 167 Å². The van der Waals surface area contributed by atoms with Crippen molar-refractivity contribution >= 4 is 28.1 Å². The van der Waals surface area contributed by atoms with E-state index in [2.05, 4.69) is 21.3 Å². The normalized spacial score (nSPS) is 17.5. The first kappa shape index (κ1) is 17.2. The zero-order chi connectivity index (χ0) is 19.5. The van der Waals surface area contributed by atoms with E-state index in [1.165, 1.54) is 11.3 Å². The molecule has 2 aromatic heterocycles. The Morgan fingerprint density at radius 2 is 2.18 bits per heavy atom. The number of nitrogens with one attached hydrogen (secondary N) is 1. The van der Waals surface area contributed by atoms with Crippen molar-refractivity contribution in [3.05, 3.63) is 41.3 Å². The number of aryl methyl sites for hydroxylation is 1. The highest BCUT2D eigenvalue weighted by molar-refractivity contribution is 7.17. The van der Waals surface area contributed by atoms with Crippen LogP contribution in [0.25, 0.3) is 11.3 Å². The summed E-state index contributed by atoms with van der Waals surface area (Å²) < 4.78 is 7.79. The number of benzene rings is 1. The summed E-state index contributed by atoms with van der Waals surface area (Å²) in [6.07, 6.45) is 4.51. The van der Waals surface area contributed by atoms with Crippen molar-refractivity contribution in [2.24, 2.45) is 7.05 Å². The first-order valence-electron chi connectivity index (χ1n) is 9.25. The summed E-state index contributed by atoms with van der Waals surface area (Å²) in [6.45, 7) is 5.32. The second-order valence-corrected chi connectivity index (χ2v) is 8.87. The van der Waals surface area contributed by atoms with Crippen LogP contribution in [-0.2, 0) is 13.5 Å². The molecule has 0 spiro atoms. The fourth-order valence-electron chi connectivity index (χ4n) is 3.72. The molecule has 8 heteroatoms. The molecule has 2 aliphatic heterocycles. The van der Waals surface area contributed by atoms with Crippen LogP contribution in [0.3, 0.4) is 0 Å². The standard InChI is InChI=1S/C20H21N5O2S/c1-20(2)9-13-17(18(26)23-20)28-19(22-13)25-6-7-27-16-5-4-12(8-15(16)25)14-10-24(3)11-21-14/h4-5,8,10-11H,6-7,9H2,1-3H3,(H,23,26). The second kappa shape index (κ2) is 6.07. The fraction of sp³-hybridized carbons (Fsp3) is 0.350. The van der Waals surface area contributed by atoms with E-state index in [9.17, 15) is 4.79 Å². The van der Waals surface area contributed by atoms with Crippen LogP contribution in [0, 0.1) is 0 Å². The van der Waals surface area contributed by atoms with E-state index in [-0.39, 0.29) is 11.4 Å². The van der Waals surface area contributed by atoms with Gasteiger partial charge in [0.1, 0.15) is 17.2 Å². The first-order valence-corrected chi connectivity index (χ1v) is 10.1. The van der Waals surface area contributed by atoms with Crippen molar-refractivity contribution in [3.63, 3.8) is 0 Å². The SMILES string of the molecule is Cn1cnc(-c2ccc3c(c2)N(c2nc4c(s2)C(=O)NC(C)(C)C4)CCO3)c1. The first-order chi connectivity index (χ1) is 13.4. The molecule has 0 fully saturated rings. The summed E-state index contributed by atoms with van der Waals surface area (Å²) in [5, 5.41) is 3.89. The predicted octanol–water partition coefficient (Wildman–Crippen LogP) is 3.14.